The quantitative estimate of drug-likeness (QED) is 0.737. The highest BCUT2D eigenvalue weighted by atomic mass is 32.1. The summed E-state index contributed by atoms with van der Waals surface area (Å²) in [6.45, 7) is 5.95. The first-order chi connectivity index (χ1) is 14.5. The Balaban J connectivity index is 1.35. The lowest BCUT2D eigenvalue weighted by molar-refractivity contribution is 0.143. The van der Waals surface area contributed by atoms with Gasteiger partial charge in [0.2, 0.25) is 0 Å². The van der Waals surface area contributed by atoms with Gasteiger partial charge in [0, 0.05) is 37.6 Å². The average Bonchev–Trinajstić information content (AvgIpc) is 3.13. The number of ether oxygens (including phenoxy) is 1. The second kappa shape index (κ2) is 8.87. The number of piperazine rings is 1. The number of cyclic esters (lactones) is 1. The Hall–Kier alpha value is -2.87. The van der Waals surface area contributed by atoms with Gasteiger partial charge < -0.3 is 19.9 Å². The van der Waals surface area contributed by atoms with Crippen LogP contribution in [0.15, 0.2) is 48.5 Å². The number of nitrogens with zero attached hydrogens (tertiary/aromatic N) is 3. The van der Waals surface area contributed by atoms with E-state index in [0.717, 1.165) is 37.6 Å². The van der Waals surface area contributed by atoms with Crippen molar-refractivity contribution in [3.8, 4) is 0 Å². The Kier molecular flexibility index (Phi) is 6.03. The topological polar surface area (TPSA) is 48.0 Å². The van der Waals surface area contributed by atoms with Crippen LogP contribution in [0.5, 0.6) is 0 Å². The van der Waals surface area contributed by atoms with Gasteiger partial charge in [-0.3, -0.25) is 4.90 Å². The monoisotopic (exact) mass is 428 g/mol. The Bertz CT molecular complexity index is 916. The Morgan fingerprint density at radius 2 is 1.70 bits per heavy atom. The summed E-state index contributed by atoms with van der Waals surface area (Å²) in [4.78, 5) is 18.9. The number of halogens is 1. The number of thiocarbonyl (C=S) groups is 1. The van der Waals surface area contributed by atoms with Crippen molar-refractivity contribution in [1.29, 1.82) is 0 Å². The first-order valence-corrected chi connectivity index (χ1v) is 10.5. The van der Waals surface area contributed by atoms with Crippen LogP contribution in [0.1, 0.15) is 6.92 Å². The van der Waals surface area contributed by atoms with Gasteiger partial charge in [-0.1, -0.05) is 24.4 Å². The van der Waals surface area contributed by atoms with E-state index in [2.05, 4.69) is 15.1 Å². The Labute approximate surface area is 181 Å². The fourth-order valence-electron chi connectivity index (χ4n) is 3.85. The van der Waals surface area contributed by atoms with Crippen molar-refractivity contribution in [2.24, 2.45) is 0 Å². The van der Waals surface area contributed by atoms with Crippen LogP contribution in [0, 0.1) is 5.82 Å². The summed E-state index contributed by atoms with van der Waals surface area (Å²) in [5.74, 6) is -0.179. The molecule has 0 spiro atoms. The van der Waals surface area contributed by atoms with Gasteiger partial charge in [0.1, 0.15) is 11.9 Å². The molecule has 0 unspecified atom stereocenters. The molecule has 6 nitrogen and oxygen atoms in total. The van der Waals surface area contributed by atoms with Crippen molar-refractivity contribution >= 4 is 40.4 Å². The standard InChI is InChI=1S/C22H25FN4O2S/c1-16(30)24-14-19-15-27(22(28)29-19)18-8-6-17(7-9-18)25-10-12-26(13-11-25)21-5-3-2-4-20(21)23/h2-9,19H,10-15H2,1H3,(H,24,30)/t19-/m0/s1. The molecular weight excluding hydrogens is 403 g/mol. The third-order valence-corrected chi connectivity index (χ3v) is 5.60. The van der Waals surface area contributed by atoms with Gasteiger partial charge in [0.05, 0.1) is 23.8 Å². The molecule has 2 aliphatic rings. The summed E-state index contributed by atoms with van der Waals surface area (Å²) in [5, 5.41) is 3.04. The van der Waals surface area contributed by atoms with Crippen molar-refractivity contribution in [3.63, 3.8) is 0 Å². The molecule has 1 N–H and O–H groups in total. The zero-order chi connectivity index (χ0) is 21.1. The van der Waals surface area contributed by atoms with E-state index in [9.17, 15) is 9.18 Å². The number of hydrogen-bond donors (Lipinski definition) is 1. The zero-order valence-electron chi connectivity index (χ0n) is 16.9. The molecular formula is C22H25FN4O2S. The molecule has 2 fully saturated rings. The molecule has 2 heterocycles. The third kappa shape index (κ3) is 4.48. The van der Waals surface area contributed by atoms with E-state index in [1.165, 1.54) is 6.07 Å². The molecule has 0 aromatic heterocycles. The number of nitrogens with one attached hydrogen (secondary N) is 1. The number of carbonyl (C=O) groups excluding carboxylic acids is 1. The molecule has 4 rings (SSSR count). The molecule has 0 radical (unpaired) electrons. The number of benzene rings is 2. The summed E-state index contributed by atoms with van der Waals surface area (Å²) in [7, 11) is 0. The average molecular weight is 429 g/mol. The van der Waals surface area contributed by atoms with Crippen molar-refractivity contribution in [2.75, 3.05) is 54.0 Å². The molecule has 0 bridgehead atoms. The lowest BCUT2D eigenvalue weighted by Crippen LogP contribution is -2.46. The maximum atomic E-state index is 14.0. The number of para-hydroxylation sites is 1. The van der Waals surface area contributed by atoms with E-state index in [1.54, 1.807) is 17.9 Å². The van der Waals surface area contributed by atoms with Crippen LogP contribution in [0.4, 0.5) is 26.2 Å². The number of rotatable bonds is 5. The van der Waals surface area contributed by atoms with E-state index >= 15 is 0 Å². The SMILES string of the molecule is CC(=S)NC[C@H]1CN(c2ccc(N3CCN(c4ccccc4F)CC3)cc2)C(=O)O1. The van der Waals surface area contributed by atoms with E-state index < -0.39 is 0 Å². The molecule has 30 heavy (non-hydrogen) atoms. The van der Waals surface area contributed by atoms with E-state index in [1.807, 2.05) is 36.4 Å². The summed E-state index contributed by atoms with van der Waals surface area (Å²) in [6, 6.07) is 14.8. The van der Waals surface area contributed by atoms with E-state index in [0.29, 0.717) is 23.8 Å². The lowest BCUT2D eigenvalue weighted by Gasteiger charge is -2.37. The molecule has 2 aromatic carbocycles. The van der Waals surface area contributed by atoms with Crippen LogP contribution in [0.2, 0.25) is 0 Å². The van der Waals surface area contributed by atoms with Gasteiger partial charge in [-0.05, 0) is 43.3 Å². The third-order valence-electron chi connectivity index (χ3n) is 5.45. The fraction of sp³-hybridized carbons (Fsp3) is 0.364. The van der Waals surface area contributed by atoms with Gasteiger partial charge in [-0.2, -0.15) is 0 Å². The number of hydrogen-bond acceptors (Lipinski definition) is 5. The molecule has 1 atom stereocenters. The van der Waals surface area contributed by atoms with Gasteiger partial charge in [0.25, 0.3) is 0 Å². The number of amides is 1. The largest absolute Gasteiger partial charge is 0.442 e. The van der Waals surface area contributed by atoms with Gasteiger partial charge in [-0.25, -0.2) is 9.18 Å². The number of anilines is 3. The highest BCUT2D eigenvalue weighted by molar-refractivity contribution is 7.80. The Morgan fingerprint density at radius 1 is 1.07 bits per heavy atom. The maximum Gasteiger partial charge on any atom is 0.414 e. The molecule has 2 aromatic rings. The first kappa shape index (κ1) is 20.4. The predicted octanol–water partition coefficient (Wildman–Crippen LogP) is 3.41. The van der Waals surface area contributed by atoms with Crippen LogP contribution >= 0.6 is 12.2 Å². The highest BCUT2D eigenvalue weighted by Gasteiger charge is 2.32. The summed E-state index contributed by atoms with van der Waals surface area (Å²) < 4.78 is 19.4. The second-order valence-electron chi connectivity index (χ2n) is 7.50. The van der Waals surface area contributed by atoms with Crippen molar-refractivity contribution in [1.82, 2.24) is 5.32 Å². The second-order valence-corrected chi connectivity index (χ2v) is 8.11. The van der Waals surface area contributed by atoms with Crippen LogP contribution in [0.3, 0.4) is 0 Å². The summed E-state index contributed by atoms with van der Waals surface area (Å²) in [5.41, 5.74) is 2.57. The number of carbonyl (C=O) groups is 1. The minimum absolute atomic E-state index is 0.179. The van der Waals surface area contributed by atoms with Gasteiger partial charge >= 0.3 is 6.09 Å². The van der Waals surface area contributed by atoms with E-state index in [4.69, 9.17) is 17.0 Å². The minimum atomic E-state index is -0.338. The first-order valence-electron chi connectivity index (χ1n) is 10.1. The smallest absolute Gasteiger partial charge is 0.414 e. The van der Waals surface area contributed by atoms with Crippen molar-refractivity contribution in [2.45, 2.75) is 13.0 Å². The minimum Gasteiger partial charge on any atom is -0.442 e. The highest BCUT2D eigenvalue weighted by Crippen LogP contribution is 2.27. The zero-order valence-corrected chi connectivity index (χ0v) is 17.7. The maximum absolute atomic E-state index is 14.0. The van der Waals surface area contributed by atoms with Crippen LogP contribution in [-0.2, 0) is 4.74 Å². The Morgan fingerprint density at radius 3 is 2.37 bits per heavy atom. The van der Waals surface area contributed by atoms with Gasteiger partial charge in [-0.15, -0.1) is 0 Å². The van der Waals surface area contributed by atoms with Crippen molar-refractivity contribution < 1.29 is 13.9 Å². The fourth-order valence-corrected chi connectivity index (χ4v) is 3.94. The van der Waals surface area contributed by atoms with Gasteiger partial charge in [0.15, 0.2) is 0 Å². The van der Waals surface area contributed by atoms with Crippen LogP contribution in [0.25, 0.3) is 0 Å². The lowest BCUT2D eigenvalue weighted by atomic mass is 10.2. The molecule has 0 saturated carbocycles. The molecule has 158 valence electrons. The van der Waals surface area contributed by atoms with E-state index in [-0.39, 0.29) is 18.0 Å². The molecule has 0 aliphatic carbocycles. The summed E-state index contributed by atoms with van der Waals surface area (Å²) in [6.07, 6.45) is -0.559. The molecule has 2 aliphatic heterocycles. The van der Waals surface area contributed by atoms with Crippen LogP contribution < -0.4 is 20.0 Å². The molecule has 1 amide bonds. The normalized spacial score (nSPS) is 19.1. The molecule has 2 saturated heterocycles. The van der Waals surface area contributed by atoms with Crippen molar-refractivity contribution in [3.05, 3.63) is 54.3 Å². The molecule has 8 heteroatoms. The predicted molar refractivity (Wildman–Crippen MR) is 121 cm³/mol. The summed E-state index contributed by atoms with van der Waals surface area (Å²) >= 11 is 5.01. The van der Waals surface area contributed by atoms with Crippen LogP contribution in [-0.4, -0.2) is 56.5 Å².